The Morgan fingerprint density at radius 1 is 1.04 bits per heavy atom. The molecule has 4 aliphatic carbocycles. The molecule has 1 aromatic carbocycles. The number of hydrogen-bond donors (Lipinski definition) is 1. The fourth-order valence-electron chi connectivity index (χ4n) is 5.45. The Balaban J connectivity index is 1.55. The van der Waals surface area contributed by atoms with E-state index in [1.165, 1.54) is 38.5 Å². The fraction of sp³-hybridized carbons (Fsp3) is 0.611. The number of rotatable bonds is 4. The lowest BCUT2D eigenvalue weighted by Crippen LogP contribution is -2.49. The van der Waals surface area contributed by atoms with Crippen LogP contribution in [-0.4, -0.2) is 14.1 Å². The van der Waals surface area contributed by atoms with Gasteiger partial charge in [-0.05, 0) is 75.3 Å². The molecule has 0 amide bonds. The molecule has 0 saturated heterocycles. The predicted molar refractivity (Wildman–Crippen MR) is 90.5 cm³/mol. The summed E-state index contributed by atoms with van der Waals surface area (Å²) in [4.78, 5) is 2.73. The van der Waals surface area contributed by atoms with E-state index in [9.17, 15) is 8.42 Å². The Labute approximate surface area is 138 Å². The Hall–Kier alpha value is -1.36. The molecule has 5 rings (SSSR count). The minimum atomic E-state index is -3.56. The van der Waals surface area contributed by atoms with Gasteiger partial charge in [-0.3, -0.25) is 0 Å². The zero-order chi connectivity index (χ0) is 16.1. The molecule has 4 aliphatic rings. The maximum absolute atomic E-state index is 12.3. The van der Waals surface area contributed by atoms with E-state index < -0.39 is 10.0 Å². The summed E-state index contributed by atoms with van der Waals surface area (Å²) in [6.07, 6.45) is 7.72. The molecule has 0 spiro atoms. The second-order valence-corrected chi connectivity index (χ2v) is 9.46. The van der Waals surface area contributed by atoms with Gasteiger partial charge in [-0.2, -0.15) is 13.5 Å². The Morgan fingerprint density at radius 3 is 2.09 bits per heavy atom. The van der Waals surface area contributed by atoms with Crippen LogP contribution < -0.4 is 4.83 Å². The molecular weight excluding hydrogens is 308 g/mol. The molecule has 4 bridgehead atoms. The molecule has 1 aromatic rings. The third-order valence-corrected chi connectivity index (χ3v) is 7.42. The van der Waals surface area contributed by atoms with Crippen LogP contribution in [0, 0.1) is 23.2 Å². The van der Waals surface area contributed by atoms with Gasteiger partial charge in [-0.1, -0.05) is 18.2 Å². The molecule has 4 nitrogen and oxygen atoms in total. The molecule has 0 radical (unpaired) electrons. The minimum Gasteiger partial charge on any atom is -0.200 e. The SMILES string of the molecule is CC(=NNS(=O)(=O)c1ccccc1)C12CC3CC(CC(C3)C1)C2. The second-order valence-electron chi connectivity index (χ2n) is 7.80. The van der Waals surface area contributed by atoms with Gasteiger partial charge in [-0.15, -0.1) is 0 Å². The van der Waals surface area contributed by atoms with Crippen LogP contribution in [0.25, 0.3) is 0 Å². The highest BCUT2D eigenvalue weighted by Crippen LogP contribution is 2.60. The Bertz CT molecular complexity index is 689. The van der Waals surface area contributed by atoms with Crippen molar-refractivity contribution in [1.29, 1.82) is 0 Å². The predicted octanol–water partition coefficient (Wildman–Crippen LogP) is 3.56. The van der Waals surface area contributed by atoms with Gasteiger partial charge in [0.25, 0.3) is 10.0 Å². The van der Waals surface area contributed by atoms with Crippen molar-refractivity contribution in [2.45, 2.75) is 50.3 Å². The van der Waals surface area contributed by atoms with Crippen LogP contribution in [0.4, 0.5) is 0 Å². The molecule has 23 heavy (non-hydrogen) atoms. The lowest BCUT2D eigenvalue weighted by atomic mass is 9.48. The smallest absolute Gasteiger partial charge is 0.200 e. The largest absolute Gasteiger partial charge is 0.276 e. The van der Waals surface area contributed by atoms with Crippen LogP contribution in [0.3, 0.4) is 0 Å². The summed E-state index contributed by atoms with van der Waals surface area (Å²) in [5.41, 5.74) is 1.13. The average Bonchev–Trinajstić information content (AvgIpc) is 2.52. The average molecular weight is 332 g/mol. The number of nitrogens with zero attached hydrogens (tertiary/aromatic N) is 1. The molecule has 124 valence electrons. The zero-order valence-corrected chi connectivity index (χ0v) is 14.3. The van der Waals surface area contributed by atoms with Crippen molar-refractivity contribution in [3.63, 3.8) is 0 Å². The molecule has 5 heteroatoms. The van der Waals surface area contributed by atoms with E-state index in [0.29, 0.717) is 0 Å². The molecule has 0 aromatic heterocycles. The highest BCUT2D eigenvalue weighted by Gasteiger charge is 2.52. The van der Waals surface area contributed by atoms with Crippen LogP contribution in [0.15, 0.2) is 40.3 Å². The van der Waals surface area contributed by atoms with Crippen LogP contribution in [-0.2, 0) is 10.0 Å². The first kappa shape index (κ1) is 15.2. The van der Waals surface area contributed by atoms with Crippen LogP contribution >= 0.6 is 0 Å². The van der Waals surface area contributed by atoms with E-state index >= 15 is 0 Å². The van der Waals surface area contributed by atoms with Crippen molar-refractivity contribution in [3.8, 4) is 0 Å². The molecule has 4 saturated carbocycles. The van der Waals surface area contributed by atoms with Gasteiger partial charge in [0.15, 0.2) is 0 Å². The van der Waals surface area contributed by atoms with Crippen molar-refractivity contribution < 1.29 is 8.42 Å². The summed E-state index contributed by atoms with van der Waals surface area (Å²) in [6, 6.07) is 8.45. The highest BCUT2D eigenvalue weighted by atomic mass is 32.2. The van der Waals surface area contributed by atoms with E-state index in [-0.39, 0.29) is 10.3 Å². The number of sulfonamides is 1. The summed E-state index contributed by atoms with van der Waals surface area (Å²) in [5.74, 6) is 2.49. The third-order valence-electron chi connectivity index (χ3n) is 6.19. The van der Waals surface area contributed by atoms with Gasteiger partial charge in [0.2, 0.25) is 0 Å². The van der Waals surface area contributed by atoms with E-state index in [0.717, 1.165) is 23.5 Å². The maximum Gasteiger partial charge on any atom is 0.276 e. The van der Waals surface area contributed by atoms with Gasteiger partial charge >= 0.3 is 0 Å². The maximum atomic E-state index is 12.3. The van der Waals surface area contributed by atoms with E-state index in [1.54, 1.807) is 24.3 Å². The van der Waals surface area contributed by atoms with Crippen molar-refractivity contribution in [1.82, 2.24) is 4.83 Å². The minimum absolute atomic E-state index is 0.147. The summed E-state index contributed by atoms with van der Waals surface area (Å²) >= 11 is 0. The molecule has 1 N–H and O–H groups in total. The zero-order valence-electron chi connectivity index (χ0n) is 13.5. The van der Waals surface area contributed by atoms with Gasteiger partial charge in [0.05, 0.1) is 4.90 Å². The van der Waals surface area contributed by atoms with Crippen LogP contribution in [0.2, 0.25) is 0 Å². The Kier molecular flexibility index (Phi) is 3.52. The second kappa shape index (κ2) is 5.33. The number of nitrogens with one attached hydrogen (secondary N) is 1. The standard InChI is InChI=1S/C18H24N2O2S/c1-13(19-20-23(21,22)17-5-3-2-4-6-17)18-10-14-7-15(11-18)9-16(8-14)12-18/h2-6,14-16,20H,7-12H2,1H3. The first-order valence-electron chi connectivity index (χ1n) is 8.58. The summed E-state index contributed by atoms with van der Waals surface area (Å²) in [7, 11) is -3.56. The quantitative estimate of drug-likeness (QED) is 0.677. The van der Waals surface area contributed by atoms with E-state index in [1.807, 2.05) is 13.0 Å². The molecule has 0 atom stereocenters. The van der Waals surface area contributed by atoms with Gasteiger partial charge in [0.1, 0.15) is 0 Å². The van der Waals surface area contributed by atoms with Gasteiger partial charge < -0.3 is 0 Å². The number of hydrogen-bond acceptors (Lipinski definition) is 3. The molecule has 0 aliphatic heterocycles. The van der Waals surface area contributed by atoms with E-state index in [4.69, 9.17) is 0 Å². The molecule has 0 heterocycles. The van der Waals surface area contributed by atoms with Crippen molar-refractivity contribution in [3.05, 3.63) is 30.3 Å². The van der Waals surface area contributed by atoms with Crippen LogP contribution in [0.1, 0.15) is 45.4 Å². The van der Waals surface area contributed by atoms with E-state index in [2.05, 4.69) is 9.93 Å². The first-order chi connectivity index (χ1) is 11.0. The molecule has 4 fully saturated rings. The molecular formula is C18H24N2O2S. The monoisotopic (exact) mass is 332 g/mol. The lowest BCUT2D eigenvalue weighted by Gasteiger charge is -2.56. The van der Waals surface area contributed by atoms with Crippen molar-refractivity contribution in [2.75, 3.05) is 0 Å². The van der Waals surface area contributed by atoms with Gasteiger partial charge in [-0.25, -0.2) is 4.83 Å². The van der Waals surface area contributed by atoms with Crippen molar-refractivity contribution >= 4 is 15.7 Å². The van der Waals surface area contributed by atoms with Crippen molar-refractivity contribution in [2.24, 2.45) is 28.3 Å². The molecule has 0 unspecified atom stereocenters. The van der Waals surface area contributed by atoms with Gasteiger partial charge in [0, 0.05) is 11.1 Å². The first-order valence-corrected chi connectivity index (χ1v) is 10.1. The normalized spacial score (nSPS) is 36.2. The highest BCUT2D eigenvalue weighted by molar-refractivity contribution is 7.89. The third kappa shape index (κ3) is 2.69. The Morgan fingerprint density at radius 2 is 1.57 bits per heavy atom. The summed E-state index contributed by atoms with van der Waals surface area (Å²) in [5, 5.41) is 4.34. The number of benzene rings is 1. The van der Waals surface area contributed by atoms with Crippen LogP contribution in [0.5, 0.6) is 0 Å². The summed E-state index contributed by atoms with van der Waals surface area (Å²) < 4.78 is 24.7. The summed E-state index contributed by atoms with van der Waals surface area (Å²) in [6.45, 7) is 2.01. The fourth-order valence-corrected chi connectivity index (χ4v) is 6.33. The number of hydrazone groups is 1. The topological polar surface area (TPSA) is 58.5 Å². The lowest BCUT2D eigenvalue weighted by molar-refractivity contribution is -0.0127.